The summed E-state index contributed by atoms with van der Waals surface area (Å²) >= 11 is 7.66. The molecule has 6 nitrogen and oxygen atoms in total. The predicted molar refractivity (Wildman–Crippen MR) is 101 cm³/mol. The first kappa shape index (κ1) is 15.4. The van der Waals surface area contributed by atoms with Gasteiger partial charge in [0.15, 0.2) is 5.76 Å². The van der Waals surface area contributed by atoms with Crippen LogP contribution in [0.3, 0.4) is 0 Å². The molecule has 2 aromatic carbocycles. The van der Waals surface area contributed by atoms with Crippen LogP contribution in [-0.4, -0.2) is 26.9 Å². The number of fused-ring (bicyclic) bond motifs is 2. The molecule has 3 aromatic heterocycles. The van der Waals surface area contributed by atoms with E-state index in [1.807, 2.05) is 48.5 Å². The first-order chi connectivity index (χ1) is 12.7. The topological polar surface area (TPSA) is 65.5 Å². The number of hydrogen-bond donors (Lipinski definition) is 0. The van der Waals surface area contributed by atoms with Gasteiger partial charge >= 0.3 is 0 Å². The van der Waals surface area contributed by atoms with E-state index < -0.39 is 0 Å². The maximum atomic E-state index is 6.23. The quantitative estimate of drug-likeness (QED) is 0.442. The van der Waals surface area contributed by atoms with Crippen molar-refractivity contribution in [1.29, 1.82) is 0 Å². The van der Waals surface area contributed by atoms with Gasteiger partial charge in [-0.25, -0.2) is 0 Å². The summed E-state index contributed by atoms with van der Waals surface area (Å²) in [6.45, 7) is 0. The van der Waals surface area contributed by atoms with Crippen molar-refractivity contribution in [3.63, 3.8) is 0 Å². The van der Waals surface area contributed by atoms with E-state index in [1.54, 1.807) is 11.6 Å². The fraction of sp³-hybridized carbons (Fsp3) is 0.0556. The molecular formula is C18H11ClN4O2S. The minimum absolute atomic E-state index is 0.536. The molecule has 0 saturated heterocycles. The lowest BCUT2D eigenvalue weighted by atomic mass is 10.2. The molecule has 0 fully saturated rings. The molecular weight excluding hydrogens is 372 g/mol. The number of aromatic nitrogens is 4. The molecule has 0 unspecified atom stereocenters. The van der Waals surface area contributed by atoms with Gasteiger partial charge in [-0.3, -0.25) is 0 Å². The number of rotatable bonds is 3. The highest BCUT2D eigenvalue weighted by molar-refractivity contribution is 7.19. The summed E-state index contributed by atoms with van der Waals surface area (Å²) in [5.41, 5.74) is 1.69. The number of methoxy groups -OCH3 is 1. The molecule has 3 heterocycles. The fourth-order valence-electron chi connectivity index (χ4n) is 2.78. The normalized spacial score (nSPS) is 11.5. The lowest BCUT2D eigenvalue weighted by molar-refractivity contribution is 0.415. The molecule has 0 saturated carbocycles. The van der Waals surface area contributed by atoms with Crippen molar-refractivity contribution in [2.75, 3.05) is 7.11 Å². The van der Waals surface area contributed by atoms with Crippen molar-refractivity contribution in [2.24, 2.45) is 0 Å². The standard InChI is InChI=1S/C18H11ClN4O2S/c1-24-14-7-6-11(8-12(14)19)17-22-23-16(20-21-18(23)26-17)15-9-10-4-2-3-5-13(10)25-15/h2-9H,1H3. The van der Waals surface area contributed by atoms with E-state index in [9.17, 15) is 0 Å². The molecule has 0 spiro atoms. The Bertz CT molecular complexity index is 1220. The van der Waals surface area contributed by atoms with E-state index in [-0.39, 0.29) is 0 Å². The van der Waals surface area contributed by atoms with E-state index >= 15 is 0 Å². The van der Waals surface area contributed by atoms with Crippen LogP contribution in [0.1, 0.15) is 0 Å². The SMILES string of the molecule is COc1ccc(-c2nn3c(-c4cc5ccccc5o4)nnc3s2)cc1Cl. The minimum Gasteiger partial charge on any atom is -0.495 e. The van der Waals surface area contributed by atoms with E-state index in [4.69, 9.17) is 20.8 Å². The smallest absolute Gasteiger partial charge is 0.235 e. The third kappa shape index (κ3) is 2.36. The number of halogens is 1. The Kier molecular flexibility index (Phi) is 3.44. The highest BCUT2D eigenvalue weighted by Gasteiger charge is 2.18. The van der Waals surface area contributed by atoms with Gasteiger partial charge in [0.1, 0.15) is 16.3 Å². The Labute approximate surface area is 156 Å². The van der Waals surface area contributed by atoms with Gasteiger partial charge in [-0.05, 0) is 30.3 Å². The van der Waals surface area contributed by atoms with Crippen LogP contribution < -0.4 is 4.74 Å². The number of furan rings is 1. The molecule has 0 aliphatic rings. The zero-order chi connectivity index (χ0) is 17.7. The highest BCUT2D eigenvalue weighted by atomic mass is 35.5. The molecule has 5 aromatic rings. The molecule has 26 heavy (non-hydrogen) atoms. The molecule has 0 aliphatic carbocycles. The van der Waals surface area contributed by atoms with E-state index in [0.717, 1.165) is 21.5 Å². The number of benzene rings is 2. The molecule has 0 radical (unpaired) electrons. The monoisotopic (exact) mass is 382 g/mol. The van der Waals surface area contributed by atoms with Gasteiger partial charge in [0, 0.05) is 10.9 Å². The Morgan fingerprint density at radius 1 is 1.12 bits per heavy atom. The van der Waals surface area contributed by atoms with Crippen LogP contribution in [0.4, 0.5) is 0 Å². The highest BCUT2D eigenvalue weighted by Crippen LogP contribution is 2.34. The van der Waals surface area contributed by atoms with Crippen LogP contribution in [-0.2, 0) is 0 Å². The number of para-hydroxylation sites is 1. The second-order valence-corrected chi connectivity index (χ2v) is 6.99. The number of nitrogens with zero attached hydrogens (tertiary/aromatic N) is 4. The maximum absolute atomic E-state index is 6.23. The van der Waals surface area contributed by atoms with Crippen molar-refractivity contribution in [1.82, 2.24) is 19.8 Å². The third-order valence-electron chi connectivity index (χ3n) is 4.04. The molecule has 0 N–H and O–H groups in total. The van der Waals surface area contributed by atoms with Crippen LogP contribution in [0.25, 0.3) is 38.1 Å². The van der Waals surface area contributed by atoms with E-state index in [1.165, 1.54) is 11.3 Å². The van der Waals surface area contributed by atoms with Crippen molar-refractivity contribution in [3.8, 4) is 27.9 Å². The van der Waals surface area contributed by atoms with Gasteiger partial charge < -0.3 is 9.15 Å². The molecule has 0 atom stereocenters. The van der Waals surface area contributed by atoms with Crippen molar-refractivity contribution in [3.05, 3.63) is 53.6 Å². The summed E-state index contributed by atoms with van der Waals surface area (Å²) < 4.78 is 12.8. The van der Waals surface area contributed by atoms with Gasteiger partial charge in [0.25, 0.3) is 0 Å². The second-order valence-electron chi connectivity index (χ2n) is 5.62. The molecule has 8 heteroatoms. The number of hydrogen-bond acceptors (Lipinski definition) is 6. The van der Waals surface area contributed by atoms with Crippen LogP contribution in [0, 0.1) is 0 Å². The molecule has 0 bridgehead atoms. The zero-order valence-electron chi connectivity index (χ0n) is 13.5. The largest absolute Gasteiger partial charge is 0.495 e. The van der Waals surface area contributed by atoms with Gasteiger partial charge in [-0.2, -0.15) is 9.61 Å². The second kappa shape index (κ2) is 5.82. The minimum atomic E-state index is 0.536. The Morgan fingerprint density at radius 3 is 2.81 bits per heavy atom. The maximum Gasteiger partial charge on any atom is 0.235 e. The van der Waals surface area contributed by atoms with Gasteiger partial charge in [0.2, 0.25) is 10.8 Å². The van der Waals surface area contributed by atoms with Crippen LogP contribution in [0.2, 0.25) is 5.02 Å². The van der Waals surface area contributed by atoms with E-state index in [2.05, 4.69) is 15.3 Å². The Hall–Kier alpha value is -2.90. The summed E-state index contributed by atoms with van der Waals surface area (Å²) in [7, 11) is 1.59. The lowest BCUT2D eigenvalue weighted by Gasteiger charge is -2.03. The van der Waals surface area contributed by atoms with Gasteiger partial charge in [-0.15, -0.1) is 10.2 Å². The zero-order valence-corrected chi connectivity index (χ0v) is 15.1. The molecule has 128 valence electrons. The average molecular weight is 383 g/mol. The molecule has 0 amide bonds. The van der Waals surface area contributed by atoms with E-state index in [0.29, 0.717) is 27.3 Å². The summed E-state index contributed by atoms with van der Waals surface area (Å²) in [5, 5.41) is 15.4. The summed E-state index contributed by atoms with van der Waals surface area (Å²) in [4.78, 5) is 0.683. The third-order valence-corrected chi connectivity index (χ3v) is 5.28. The fourth-order valence-corrected chi connectivity index (χ4v) is 3.87. The van der Waals surface area contributed by atoms with Crippen molar-refractivity contribution in [2.45, 2.75) is 0 Å². The van der Waals surface area contributed by atoms with Crippen molar-refractivity contribution >= 4 is 38.9 Å². The van der Waals surface area contributed by atoms with Gasteiger partial charge in [0.05, 0.1) is 12.1 Å². The average Bonchev–Trinajstić information content (AvgIpc) is 3.34. The first-order valence-corrected chi connectivity index (χ1v) is 8.97. The van der Waals surface area contributed by atoms with Gasteiger partial charge in [-0.1, -0.05) is 41.1 Å². The summed E-state index contributed by atoms with van der Waals surface area (Å²) in [5.74, 6) is 1.82. The summed E-state index contributed by atoms with van der Waals surface area (Å²) in [6.07, 6.45) is 0. The summed E-state index contributed by atoms with van der Waals surface area (Å²) in [6, 6.07) is 15.3. The molecule has 5 rings (SSSR count). The van der Waals surface area contributed by atoms with Crippen molar-refractivity contribution < 1.29 is 9.15 Å². The van der Waals surface area contributed by atoms with Crippen LogP contribution in [0.5, 0.6) is 5.75 Å². The lowest BCUT2D eigenvalue weighted by Crippen LogP contribution is -1.90. The predicted octanol–water partition coefficient (Wildman–Crippen LogP) is 4.93. The van der Waals surface area contributed by atoms with Crippen LogP contribution >= 0.6 is 22.9 Å². The molecule has 0 aliphatic heterocycles. The Morgan fingerprint density at radius 2 is 2.00 bits per heavy atom. The van der Waals surface area contributed by atoms with Crippen LogP contribution in [0.15, 0.2) is 52.9 Å². The first-order valence-electron chi connectivity index (χ1n) is 7.78. The Balaban J connectivity index is 1.62. The number of ether oxygens (including phenoxy) is 1.